The molecule has 2 heterocycles. The molecule has 0 saturated heterocycles. The highest BCUT2D eigenvalue weighted by molar-refractivity contribution is 6.02. The predicted octanol–water partition coefficient (Wildman–Crippen LogP) is 6.62. The summed E-state index contributed by atoms with van der Waals surface area (Å²) < 4.78 is 108. The molecule has 0 aliphatic carbocycles. The van der Waals surface area contributed by atoms with Gasteiger partial charge >= 0.3 is 12.4 Å². The molecule has 1 aromatic heterocycles. The summed E-state index contributed by atoms with van der Waals surface area (Å²) in [6, 6.07) is 11.9. The van der Waals surface area contributed by atoms with E-state index in [1.54, 1.807) is 24.3 Å². The van der Waals surface area contributed by atoms with E-state index in [9.17, 15) is 35.1 Å². The van der Waals surface area contributed by atoms with Crippen molar-refractivity contribution >= 4 is 5.71 Å². The first-order valence-electron chi connectivity index (χ1n) is 10.2. The average molecular weight is 501 g/mol. The Hall–Kier alpha value is -3.57. The molecule has 0 saturated carbocycles. The van der Waals surface area contributed by atoms with Gasteiger partial charge in [0, 0.05) is 17.3 Å². The molecule has 184 valence electrons. The second-order valence-electron chi connectivity index (χ2n) is 7.69. The van der Waals surface area contributed by atoms with Gasteiger partial charge in [0.1, 0.15) is 11.6 Å². The molecule has 4 rings (SSSR count). The lowest BCUT2D eigenvalue weighted by Crippen LogP contribution is -2.46. The molecule has 0 radical (unpaired) electrons. The zero-order valence-corrected chi connectivity index (χ0v) is 17.5. The number of alkyl halides is 6. The van der Waals surface area contributed by atoms with Crippen LogP contribution in [0, 0.1) is 11.6 Å². The third-order valence-corrected chi connectivity index (χ3v) is 5.28. The molecule has 1 atom stereocenters. The third-order valence-electron chi connectivity index (χ3n) is 5.28. The smallest absolute Gasteiger partial charge is 0.434 e. The predicted molar refractivity (Wildman–Crippen MR) is 109 cm³/mol. The van der Waals surface area contributed by atoms with E-state index < -0.39 is 36.0 Å². The minimum absolute atomic E-state index is 0.150. The van der Waals surface area contributed by atoms with E-state index in [1.807, 2.05) is 0 Å². The Morgan fingerprint density at radius 3 is 1.97 bits per heavy atom. The maximum absolute atomic E-state index is 14.0. The van der Waals surface area contributed by atoms with Gasteiger partial charge in [0.2, 0.25) is 5.88 Å². The second kappa shape index (κ2) is 9.23. The lowest BCUT2D eigenvalue weighted by atomic mass is 10.0. The van der Waals surface area contributed by atoms with Gasteiger partial charge < -0.3 is 4.74 Å². The summed E-state index contributed by atoms with van der Waals surface area (Å²) in [6.45, 7) is 0. The maximum atomic E-state index is 14.0. The zero-order chi connectivity index (χ0) is 25.4. The van der Waals surface area contributed by atoms with Crippen LogP contribution in [0.25, 0.3) is 11.3 Å². The highest BCUT2D eigenvalue weighted by Crippen LogP contribution is 2.36. The fourth-order valence-corrected chi connectivity index (χ4v) is 3.65. The summed E-state index contributed by atoms with van der Waals surface area (Å²) in [5, 5.41) is 6.96. The van der Waals surface area contributed by atoms with Crippen molar-refractivity contribution in [2.75, 3.05) is 0 Å². The molecular formula is C23H15F8N3O. The molecule has 0 N–H and O–H groups in total. The van der Waals surface area contributed by atoms with Gasteiger partial charge in [0.15, 0.2) is 0 Å². The van der Waals surface area contributed by atoms with Gasteiger partial charge in [-0.05, 0) is 36.6 Å². The number of hydrogen-bond acceptors (Lipinski definition) is 4. The van der Waals surface area contributed by atoms with Crippen LogP contribution in [-0.2, 0) is 0 Å². The average Bonchev–Trinajstić information content (AvgIpc) is 3.26. The third kappa shape index (κ3) is 5.41. The summed E-state index contributed by atoms with van der Waals surface area (Å²) in [4.78, 5) is 4.44. The number of nitrogens with zero attached hydrogens (tertiary/aromatic N) is 3. The van der Waals surface area contributed by atoms with E-state index in [1.165, 1.54) is 12.1 Å². The van der Waals surface area contributed by atoms with Crippen molar-refractivity contribution in [3.8, 4) is 17.1 Å². The summed E-state index contributed by atoms with van der Waals surface area (Å²) in [6.07, 6.45) is -14.4. The lowest BCUT2D eigenvalue weighted by Gasteiger charge is -2.22. The molecule has 3 aromatic rings. The Balaban J connectivity index is 1.48. The van der Waals surface area contributed by atoms with Gasteiger partial charge in [0.05, 0.1) is 17.3 Å². The van der Waals surface area contributed by atoms with Crippen molar-refractivity contribution in [1.29, 1.82) is 0 Å². The summed E-state index contributed by atoms with van der Waals surface area (Å²) >= 11 is 0. The summed E-state index contributed by atoms with van der Waals surface area (Å²) in [5.74, 6) is -2.32. The monoisotopic (exact) mass is 501 g/mol. The molecule has 1 aliphatic rings. The van der Waals surface area contributed by atoms with Crippen LogP contribution in [-0.4, -0.2) is 34.4 Å². The normalized spacial score (nSPS) is 16.5. The Bertz CT molecular complexity index is 1190. The minimum Gasteiger partial charge on any atom is -0.454 e. The van der Waals surface area contributed by atoms with Crippen LogP contribution < -0.4 is 4.74 Å². The second-order valence-corrected chi connectivity index (χ2v) is 7.69. The molecule has 35 heavy (non-hydrogen) atoms. The number of halogens is 8. The quantitative estimate of drug-likeness (QED) is 0.370. The molecule has 4 nitrogen and oxygen atoms in total. The molecule has 0 bridgehead atoms. The van der Waals surface area contributed by atoms with Crippen molar-refractivity contribution in [1.82, 2.24) is 10.2 Å². The maximum Gasteiger partial charge on any atom is 0.434 e. The zero-order valence-electron chi connectivity index (χ0n) is 17.5. The number of ether oxygens (including phenoxy) is 1. The number of aromatic nitrogens is 2. The van der Waals surface area contributed by atoms with Gasteiger partial charge in [-0.1, -0.05) is 30.3 Å². The molecule has 0 amide bonds. The van der Waals surface area contributed by atoms with Crippen LogP contribution in [0.1, 0.15) is 30.0 Å². The van der Waals surface area contributed by atoms with E-state index in [4.69, 9.17) is 0 Å². The van der Waals surface area contributed by atoms with E-state index in [0.717, 1.165) is 23.8 Å². The standard InChI is InChI=1S/C23H15F8N3O/c24-14-2-1-3-15(25)20(14)18-9-8-16(32-18)12-4-6-13(7-5-12)17-10-11-19(34-33-17)35-21(22(26,27)28)23(29,30)31/h1-7,10-11,16,21H,8-9H2. The fourth-order valence-electron chi connectivity index (χ4n) is 3.65. The van der Waals surface area contributed by atoms with Crippen LogP contribution in [0.3, 0.4) is 0 Å². The Morgan fingerprint density at radius 2 is 1.43 bits per heavy atom. The van der Waals surface area contributed by atoms with E-state index in [-0.39, 0.29) is 17.3 Å². The fraction of sp³-hybridized carbons (Fsp3) is 0.261. The first-order valence-corrected chi connectivity index (χ1v) is 10.2. The Morgan fingerprint density at radius 1 is 0.800 bits per heavy atom. The van der Waals surface area contributed by atoms with Crippen molar-refractivity contribution in [2.24, 2.45) is 4.99 Å². The van der Waals surface area contributed by atoms with Crippen molar-refractivity contribution in [2.45, 2.75) is 37.3 Å². The summed E-state index contributed by atoms with van der Waals surface area (Å²) in [5.41, 5.74) is 1.60. The van der Waals surface area contributed by atoms with Crippen molar-refractivity contribution < 1.29 is 39.9 Å². The van der Waals surface area contributed by atoms with Crippen LogP contribution in [0.15, 0.2) is 59.6 Å². The van der Waals surface area contributed by atoms with Crippen LogP contribution in [0.2, 0.25) is 0 Å². The SMILES string of the molecule is Fc1cccc(F)c1C1=NC(c2ccc(-c3ccc(OC(C(F)(F)F)C(F)(F)F)nn3)cc2)CC1. The van der Waals surface area contributed by atoms with Gasteiger partial charge in [-0.3, -0.25) is 4.99 Å². The van der Waals surface area contributed by atoms with Gasteiger partial charge in [-0.25, -0.2) is 8.78 Å². The number of aliphatic imine (C=N–C) groups is 1. The topological polar surface area (TPSA) is 47.4 Å². The Kier molecular flexibility index (Phi) is 6.48. The molecule has 0 fully saturated rings. The first-order chi connectivity index (χ1) is 16.4. The largest absolute Gasteiger partial charge is 0.454 e. The van der Waals surface area contributed by atoms with Gasteiger partial charge in [0.25, 0.3) is 6.10 Å². The van der Waals surface area contributed by atoms with Gasteiger partial charge in [-0.2, -0.15) is 26.3 Å². The van der Waals surface area contributed by atoms with E-state index in [0.29, 0.717) is 24.1 Å². The highest BCUT2D eigenvalue weighted by atomic mass is 19.4. The minimum atomic E-state index is -5.67. The van der Waals surface area contributed by atoms with Crippen molar-refractivity contribution in [3.05, 3.63) is 77.4 Å². The van der Waals surface area contributed by atoms with E-state index in [2.05, 4.69) is 19.9 Å². The number of benzene rings is 2. The number of rotatable bonds is 5. The Labute approximate surface area is 193 Å². The van der Waals surface area contributed by atoms with Crippen LogP contribution in [0.4, 0.5) is 35.1 Å². The van der Waals surface area contributed by atoms with Crippen molar-refractivity contribution in [3.63, 3.8) is 0 Å². The van der Waals surface area contributed by atoms with Gasteiger partial charge in [-0.15, -0.1) is 10.2 Å². The molecule has 0 spiro atoms. The van der Waals surface area contributed by atoms with Crippen LogP contribution >= 0.6 is 0 Å². The number of hydrogen-bond donors (Lipinski definition) is 0. The van der Waals surface area contributed by atoms with E-state index >= 15 is 0 Å². The lowest BCUT2D eigenvalue weighted by molar-refractivity contribution is -0.300. The molecule has 2 aromatic carbocycles. The summed E-state index contributed by atoms with van der Waals surface area (Å²) in [7, 11) is 0. The van der Waals surface area contributed by atoms with Crippen LogP contribution in [0.5, 0.6) is 5.88 Å². The molecule has 1 unspecified atom stereocenters. The first kappa shape index (κ1) is 24.6. The molecule has 12 heteroatoms. The molecular weight excluding hydrogens is 486 g/mol. The molecule has 1 aliphatic heterocycles. The highest BCUT2D eigenvalue weighted by Gasteiger charge is 2.59.